The van der Waals surface area contributed by atoms with Gasteiger partial charge in [0.05, 0.1) is 0 Å². The topological polar surface area (TPSA) is 79.5 Å². The molecule has 1 rings (SSSR count). The van der Waals surface area contributed by atoms with Crippen LogP contribution >= 0.6 is 11.8 Å². The first-order valence-corrected chi connectivity index (χ1v) is 4.31. The number of hydrogen-bond donors (Lipinski definition) is 0. The van der Waals surface area contributed by atoms with E-state index in [0.717, 1.165) is 10.9 Å². The summed E-state index contributed by atoms with van der Waals surface area (Å²) in [6.07, 6.45) is 1.63. The van der Waals surface area contributed by atoms with Gasteiger partial charge in [-0.25, -0.2) is 0 Å². The molecule has 0 saturated carbocycles. The van der Waals surface area contributed by atoms with E-state index < -0.39 is 0 Å². The molecule has 7 heteroatoms. The van der Waals surface area contributed by atoms with E-state index >= 15 is 0 Å². The van der Waals surface area contributed by atoms with Crippen LogP contribution in [0.1, 0.15) is 0 Å². The maximum atomic E-state index is 7.99. The van der Waals surface area contributed by atoms with Gasteiger partial charge in [0.2, 0.25) is 0 Å². The van der Waals surface area contributed by atoms with Gasteiger partial charge in [0.15, 0.2) is 5.16 Å². The zero-order valence-corrected chi connectivity index (χ0v) is 7.40. The monoisotopic (exact) mass is 184 g/mol. The normalized spacial score (nSPS) is 9.42. The molecule has 0 bridgehead atoms. The summed E-state index contributed by atoms with van der Waals surface area (Å²) in [5.74, 6) is 0.733. The van der Waals surface area contributed by atoms with Crippen molar-refractivity contribution < 1.29 is 0 Å². The van der Waals surface area contributed by atoms with Gasteiger partial charge in [-0.1, -0.05) is 16.9 Å². The second-order valence-corrected chi connectivity index (χ2v) is 3.09. The van der Waals surface area contributed by atoms with Gasteiger partial charge in [-0.15, -0.1) is 10.2 Å². The van der Waals surface area contributed by atoms with Crippen LogP contribution in [0, 0.1) is 0 Å². The molecule has 0 atom stereocenters. The van der Waals surface area contributed by atoms with Crippen LogP contribution in [0.5, 0.6) is 0 Å². The number of rotatable bonds is 4. The summed E-state index contributed by atoms with van der Waals surface area (Å²) >= 11 is 1.52. The summed E-state index contributed by atoms with van der Waals surface area (Å²) in [6.45, 7) is 0.480. The highest BCUT2D eigenvalue weighted by molar-refractivity contribution is 7.99. The fourth-order valence-electron chi connectivity index (χ4n) is 0.626. The Balaban J connectivity index is 2.33. The SMILES string of the molecule is Cn1cnnc1SCCN=[N+]=[N-]. The first-order valence-electron chi connectivity index (χ1n) is 3.32. The summed E-state index contributed by atoms with van der Waals surface area (Å²) in [6, 6.07) is 0. The van der Waals surface area contributed by atoms with Crippen LogP contribution in [-0.4, -0.2) is 27.1 Å². The lowest BCUT2D eigenvalue weighted by molar-refractivity contribution is 0.788. The third-order valence-corrected chi connectivity index (χ3v) is 2.17. The van der Waals surface area contributed by atoms with Gasteiger partial charge in [-0.3, -0.25) is 0 Å². The minimum atomic E-state index is 0.480. The number of thioether (sulfide) groups is 1. The second-order valence-electron chi connectivity index (χ2n) is 2.03. The predicted molar refractivity (Wildman–Crippen MR) is 45.7 cm³/mol. The summed E-state index contributed by atoms with van der Waals surface area (Å²) in [5, 5.41) is 11.8. The summed E-state index contributed by atoms with van der Waals surface area (Å²) in [4.78, 5) is 2.65. The minimum absolute atomic E-state index is 0.480. The third-order valence-electron chi connectivity index (χ3n) is 1.16. The number of azide groups is 1. The van der Waals surface area contributed by atoms with Crippen molar-refractivity contribution >= 4 is 11.8 Å². The molecule has 1 aromatic heterocycles. The molecule has 64 valence electrons. The molecule has 0 fully saturated rings. The summed E-state index contributed by atoms with van der Waals surface area (Å²) in [5.41, 5.74) is 7.99. The molecule has 0 unspecified atom stereocenters. The molecule has 0 aliphatic carbocycles. The molecule has 0 aromatic carbocycles. The van der Waals surface area contributed by atoms with Crippen molar-refractivity contribution in [2.75, 3.05) is 12.3 Å². The van der Waals surface area contributed by atoms with E-state index in [1.807, 2.05) is 11.6 Å². The summed E-state index contributed by atoms with van der Waals surface area (Å²) < 4.78 is 1.82. The van der Waals surface area contributed by atoms with Crippen molar-refractivity contribution in [3.8, 4) is 0 Å². The largest absolute Gasteiger partial charge is 0.312 e. The van der Waals surface area contributed by atoms with Crippen LogP contribution in [0.4, 0.5) is 0 Å². The lowest BCUT2D eigenvalue weighted by Gasteiger charge is -1.95. The fraction of sp³-hybridized carbons (Fsp3) is 0.600. The zero-order chi connectivity index (χ0) is 8.81. The zero-order valence-electron chi connectivity index (χ0n) is 6.58. The molecule has 0 radical (unpaired) electrons. The van der Waals surface area contributed by atoms with Gasteiger partial charge in [0.25, 0.3) is 0 Å². The Bertz CT molecular complexity index is 288. The highest BCUT2D eigenvalue weighted by Crippen LogP contribution is 2.12. The lowest BCUT2D eigenvalue weighted by atomic mass is 10.8. The van der Waals surface area contributed by atoms with Crippen LogP contribution in [-0.2, 0) is 7.05 Å². The Hall–Kier alpha value is -1.20. The first kappa shape index (κ1) is 8.89. The molecular formula is C5H8N6S. The van der Waals surface area contributed by atoms with Crippen molar-refractivity contribution in [3.05, 3.63) is 16.8 Å². The highest BCUT2D eigenvalue weighted by atomic mass is 32.2. The fourth-order valence-corrected chi connectivity index (χ4v) is 1.34. The molecule has 6 nitrogen and oxygen atoms in total. The molecule has 0 aliphatic rings. The van der Waals surface area contributed by atoms with Crippen LogP contribution in [0.3, 0.4) is 0 Å². The molecule has 0 amide bonds. The summed E-state index contributed by atoms with van der Waals surface area (Å²) in [7, 11) is 1.87. The Kier molecular flexibility index (Phi) is 3.43. The molecule has 1 aromatic rings. The van der Waals surface area contributed by atoms with E-state index in [0.29, 0.717) is 6.54 Å². The van der Waals surface area contributed by atoms with Gasteiger partial charge in [-0.05, 0) is 5.53 Å². The van der Waals surface area contributed by atoms with Crippen molar-refractivity contribution in [2.24, 2.45) is 12.2 Å². The number of hydrogen-bond acceptors (Lipinski definition) is 4. The van der Waals surface area contributed by atoms with Gasteiger partial charge in [0, 0.05) is 24.3 Å². The maximum Gasteiger partial charge on any atom is 0.190 e. The number of nitrogens with zero attached hydrogens (tertiary/aromatic N) is 6. The van der Waals surface area contributed by atoms with Crippen LogP contribution in [0.2, 0.25) is 0 Å². The predicted octanol–water partition coefficient (Wildman–Crippen LogP) is 1.22. The Labute approximate surface area is 73.6 Å². The molecule has 0 aliphatic heterocycles. The molecule has 0 saturated heterocycles. The number of aromatic nitrogens is 3. The van der Waals surface area contributed by atoms with Crippen molar-refractivity contribution in [1.82, 2.24) is 14.8 Å². The smallest absolute Gasteiger partial charge is 0.190 e. The molecule has 0 spiro atoms. The van der Waals surface area contributed by atoms with E-state index in [-0.39, 0.29) is 0 Å². The first-order chi connectivity index (χ1) is 5.84. The van der Waals surface area contributed by atoms with E-state index in [1.165, 1.54) is 11.8 Å². The Morgan fingerprint density at radius 2 is 2.67 bits per heavy atom. The Morgan fingerprint density at radius 3 is 3.25 bits per heavy atom. The number of aryl methyl sites for hydroxylation is 1. The van der Waals surface area contributed by atoms with Gasteiger partial charge in [-0.2, -0.15) is 0 Å². The average molecular weight is 184 g/mol. The Morgan fingerprint density at radius 1 is 1.83 bits per heavy atom. The van der Waals surface area contributed by atoms with Gasteiger partial charge < -0.3 is 4.57 Å². The van der Waals surface area contributed by atoms with E-state index in [9.17, 15) is 0 Å². The van der Waals surface area contributed by atoms with Crippen molar-refractivity contribution in [3.63, 3.8) is 0 Å². The highest BCUT2D eigenvalue weighted by Gasteiger charge is 1.98. The van der Waals surface area contributed by atoms with Crippen molar-refractivity contribution in [1.29, 1.82) is 0 Å². The van der Waals surface area contributed by atoms with E-state index in [1.54, 1.807) is 6.33 Å². The molecule has 0 N–H and O–H groups in total. The maximum absolute atomic E-state index is 7.99. The molecular weight excluding hydrogens is 176 g/mol. The minimum Gasteiger partial charge on any atom is -0.312 e. The second kappa shape index (κ2) is 4.63. The van der Waals surface area contributed by atoms with E-state index in [4.69, 9.17) is 5.53 Å². The van der Waals surface area contributed by atoms with Crippen LogP contribution in [0.25, 0.3) is 10.4 Å². The van der Waals surface area contributed by atoms with Crippen molar-refractivity contribution in [2.45, 2.75) is 5.16 Å². The van der Waals surface area contributed by atoms with Gasteiger partial charge >= 0.3 is 0 Å². The quantitative estimate of drug-likeness (QED) is 0.232. The third kappa shape index (κ3) is 2.44. The van der Waals surface area contributed by atoms with Crippen LogP contribution < -0.4 is 0 Å². The van der Waals surface area contributed by atoms with E-state index in [2.05, 4.69) is 20.2 Å². The van der Waals surface area contributed by atoms with Gasteiger partial charge in [0.1, 0.15) is 6.33 Å². The molecule has 12 heavy (non-hydrogen) atoms. The average Bonchev–Trinajstić information content (AvgIpc) is 2.46. The lowest BCUT2D eigenvalue weighted by Crippen LogP contribution is -1.91. The van der Waals surface area contributed by atoms with Crippen LogP contribution in [0.15, 0.2) is 16.6 Å². The standard InChI is InChI=1S/C5H8N6S/c1-11-4-8-9-5(11)12-3-2-7-10-6/h4H,2-3H2,1H3. The molecule has 1 heterocycles.